The van der Waals surface area contributed by atoms with Crippen molar-refractivity contribution in [2.24, 2.45) is 10.3 Å². The first-order valence-electron chi connectivity index (χ1n) is 4.45. The molecule has 0 aliphatic heterocycles. The molecule has 0 radical (unpaired) electrons. The highest BCUT2D eigenvalue weighted by molar-refractivity contribution is 5.52. The lowest BCUT2D eigenvalue weighted by atomic mass is 10.2. The predicted molar refractivity (Wildman–Crippen MR) is 55.5 cm³/mol. The third-order valence-electron chi connectivity index (χ3n) is 1.66. The van der Waals surface area contributed by atoms with Crippen LogP contribution in [0.15, 0.2) is 34.6 Å². The van der Waals surface area contributed by atoms with Crippen LogP contribution < -0.4 is 0 Å². The minimum absolute atomic E-state index is 0.0156. The first-order valence-corrected chi connectivity index (χ1v) is 4.45. The molecular weight excluding hydrogens is 208 g/mol. The van der Waals surface area contributed by atoms with E-state index in [1.54, 1.807) is 31.3 Å². The third-order valence-corrected chi connectivity index (χ3v) is 1.66. The third kappa shape index (κ3) is 3.38. The summed E-state index contributed by atoms with van der Waals surface area (Å²) < 4.78 is 4.47. The maximum atomic E-state index is 9.92. The van der Waals surface area contributed by atoms with Crippen LogP contribution in [0.4, 0.5) is 5.69 Å². The summed E-state index contributed by atoms with van der Waals surface area (Å²) in [5.74, 6) is 0. The Morgan fingerprint density at radius 1 is 1.56 bits per heavy atom. The van der Waals surface area contributed by atoms with Gasteiger partial charge in [0.25, 0.3) is 6.47 Å². The molecule has 0 saturated carbocycles. The Kier molecular flexibility index (Phi) is 4.47. The number of benzene rings is 1. The fraction of sp³-hybridized carbons (Fsp3) is 0.200. The van der Waals surface area contributed by atoms with Crippen LogP contribution in [0.5, 0.6) is 0 Å². The van der Waals surface area contributed by atoms with Gasteiger partial charge in [0, 0.05) is 7.05 Å². The Labute approximate surface area is 92.7 Å². The molecule has 1 rings (SSSR count). The number of nitriles is 1. The summed E-state index contributed by atoms with van der Waals surface area (Å²) in [6.07, 6.45) is 0. The van der Waals surface area contributed by atoms with Crippen molar-refractivity contribution in [3.63, 3.8) is 0 Å². The zero-order valence-corrected chi connectivity index (χ0v) is 8.70. The number of carbonyl (C=O) groups is 1. The van der Waals surface area contributed by atoms with E-state index in [-0.39, 0.29) is 6.73 Å². The van der Waals surface area contributed by atoms with E-state index in [0.717, 1.165) is 0 Å². The summed E-state index contributed by atoms with van der Waals surface area (Å²) in [6, 6.07) is 8.84. The summed E-state index contributed by atoms with van der Waals surface area (Å²) in [7, 11) is 1.60. The minimum Gasteiger partial charge on any atom is -0.445 e. The number of carbonyl (C=O) groups excluding carboxylic acids is 1. The number of hydrogen-bond donors (Lipinski definition) is 0. The molecule has 6 heteroatoms. The van der Waals surface area contributed by atoms with E-state index in [2.05, 4.69) is 15.1 Å². The summed E-state index contributed by atoms with van der Waals surface area (Å²) in [4.78, 5) is 9.92. The van der Waals surface area contributed by atoms with E-state index < -0.39 is 0 Å². The first-order chi connectivity index (χ1) is 7.77. The second-order valence-electron chi connectivity index (χ2n) is 2.87. The molecule has 0 spiro atoms. The molecule has 0 aliphatic carbocycles. The Bertz CT molecular complexity index is 425. The van der Waals surface area contributed by atoms with Gasteiger partial charge in [-0.25, -0.2) is 5.01 Å². The van der Waals surface area contributed by atoms with Crippen molar-refractivity contribution < 1.29 is 9.53 Å². The van der Waals surface area contributed by atoms with Crippen molar-refractivity contribution >= 4 is 12.2 Å². The molecule has 82 valence electrons. The van der Waals surface area contributed by atoms with Crippen LogP contribution in [0, 0.1) is 11.3 Å². The largest absolute Gasteiger partial charge is 0.445 e. The van der Waals surface area contributed by atoms with Crippen LogP contribution in [0.25, 0.3) is 0 Å². The molecule has 0 fully saturated rings. The molecule has 0 aromatic heterocycles. The van der Waals surface area contributed by atoms with Crippen molar-refractivity contribution in [2.45, 2.75) is 0 Å². The van der Waals surface area contributed by atoms with Gasteiger partial charge in [-0.2, -0.15) is 5.26 Å². The monoisotopic (exact) mass is 218 g/mol. The van der Waals surface area contributed by atoms with Gasteiger partial charge in [-0.1, -0.05) is 17.4 Å². The van der Waals surface area contributed by atoms with Crippen molar-refractivity contribution in [1.82, 2.24) is 5.01 Å². The highest BCUT2D eigenvalue weighted by atomic mass is 16.5. The van der Waals surface area contributed by atoms with E-state index >= 15 is 0 Å². The van der Waals surface area contributed by atoms with Crippen molar-refractivity contribution in [1.29, 1.82) is 5.26 Å². The normalized spacial score (nSPS) is 9.75. The zero-order chi connectivity index (χ0) is 11.8. The summed E-state index contributed by atoms with van der Waals surface area (Å²) in [6.45, 7) is 0.344. The lowest BCUT2D eigenvalue weighted by Gasteiger charge is -2.08. The average Bonchev–Trinajstić information content (AvgIpc) is 2.34. The summed E-state index contributed by atoms with van der Waals surface area (Å²) in [5.41, 5.74) is 0.916. The van der Waals surface area contributed by atoms with E-state index in [1.807, 2.05) is 6.07 Å². The van der Waals surface area contributed by atoms with Gasteiger partial charge in [-0.3, -0.25) is 4.79 Å². The summed E-state index contributed by atoms with van der Waals surface area (Å²) in [5, 5.41) is 17.8. The van der Waals surface area contributed by atoms with E-state index in [1.165, 1.54) is 5.01 Å². The SMILES string of the molecule is CN(COC=O)/N=N/c1ccccc1C#N. The molecule has 16 heavy (non-hydrogen) atoms. The summed E-state index contributed by atoms with van der Waals surface area (Å²) >= 11 is 0. The standard InChI is InChI=1S/C10H10N4O2/c1-14(7-16-8-15)13-12-10-5-3-2-4-9(10)6-11/h2-5,8H,7H2,1H3/b13-12+. The van der Waals surface area contributed by atoms with Crippen LogP contribution in [-0.4, -0.2) is 25.3 Å². The number of rotatable bonds is 5. The average molecular weight is 218 g/mol. The van der Waals surface area contributed by atoms with Gasteiger partial charge >= 0.3 is 0 Å². The molecule has 1 aromatic carbocycles. The second-order valence-corrected chi connectivity index (χ2v) is 2.87. The van der Waals surface area contributed by atoms with Crippen LogP contribution >= 0.6 is 0 Å². The molecule has 0 saturated heterocycles. The van der Waals surface area contributed by atoms with Crippen LogP contribution in [0.3, 0.4) is 0 Å². The second kappa shape index (κ2) is 6.14. The highest BCUT2D eigenvalue weighted by Gasteiger charge is 1.98. The van der Waals surface area contributed by atoms with Crippen LogP contribution in [-0.2, 0) is 9.53 Å². The van der Waals surface area contributed by atoms with Gasteiger partial charge in [0.15, 0.2) is 6.73 Å². The van der Waals surface area contributed by atoms with E-state index in [4.69, 9.17) is 5.26 Å². The number of hydrogen-bond acceptors (Lipinski definition) is 5. The molecule has 1 aromatic rings. The maximum Gasteiger partial charge on any atom is 0.294 e. The van der Waals surface area contributed by atoms with Gasteiger partial charge in [0.1, 0.15) is 11.8 Å². The number of nitrogens with zero attached hydrogens (tertiary/aromatic N) is 4. The fourth-order valence-electron chi connectivity index (χ4n) is 0.944. The van der Waals surface area contributed by atoms with Crippen molar-refractivity contribution in [2.75, 3.05) is 13.8 Å². The Morgan fingerprint density at radius 3 is 3.00 bits per heavy atom. The lowest BCUT2D eigenvalue weighted by Crippen LogP contribution is -2.13. The quantitative estimate of drug-likeness (QED) is 0.325. The number of ether oxygens (including phenoxy) is 1. The maximum absolute atomic E-state index is 9.92. The van der Waals surface area contributed by atoms with Gasteiger partial charge in [0.2, 0.25) is 0 Å². The lowest BCUT2D eigenvalue weighted by molar-refractivity contribution is -0.132. The van der Waals surface area contributed by atoms with Crippen molar-refractivity contribution in [3.05, 3.63) is 29.8 Å². The van der Waals surface area contributed by atoms with Crippen LogP contribution in [0.1, 0.15) is 5.56 Å². The van der Waals surface area contributed by atoms with Gasteiger partial charge in [-0.05, 0) is 12.1 Å². The Balaban J connectivity index is 2.69. The predicted octanol–water partition coefficient (Wildman–Crippen LogP) is 1.62. The van der Waals surface area contributed by atoms with Gasteiger partial charge in [-0.15, -0.1) is 5.11 Å². The molecule has 0 amide bonds. The smallest absolute Gasteiger partial charge is 0.294 e. The van der Waals surface area contributed by atoms with Crippen LogP contribution in [0.2, 0.25) is 0 Å². The molecule has 0 heterocycles. The fourth-order valence-corrected chi connectivity index (χ4v) is 0.944. The molecule has 0 atom stereocenters. The molecule has 6 nitrogen and oxygen atoms in total. The van der Waals surface area contributed by atoms with Gasteiger partial charge in [0.05, 0.1) is 5.56 Å². The highest BCUT2D eigenvalue weighted by Crippen LogP contribution is 2.17. The topological polar surface area (TPSA) is 78.0 Å². The zero-order valence-electron chi connectivity index (χ0n) is 8.70. The molecule has 0 bridgehead atoms. The molecule has 0 unspecified atom stereocenters. The van der Waals surface area contributed by atoms with Gasteiger partial charge < -0.3 is 4.74 Å². The molecular formula is C10H10N4O2. The Hall–Kier alpha value is -2.42. The van der Waals surface area contributed by atoms with Crippen molar-refractivity contribution in [3.8, 4) is 6.07 Å². The minimum atomic E-state index is 0.0156. The molecule has 0 aliphatic rings. The molecule has 0 N–H and O–H groups in total. The van der Waals surface area contributed by atoms with E-state index in [9.17, 15) is 4.79 Å². The first kappa shape index (κ1) is 11.7. The van der Waals surface area contributed by atoms with E-state index in [0.29, 0.717) is 17.7 Å². The Morgan fingerprint density at radius 2 is 2.31 bits per heavy atom.